The maximum Gasteiger partial charge on any atom is 0.268 e. The van der Waals surface area contributed by atoms with Crippen molar-refractivity contribution < 1.29 is 0 Å². The van der Waals surface area contributed by atoms with Crippen LogP contribution in [0.4, 0.5) is 0 Å². The lowest BCUT2D eigenvalue weighted by atomic mass is 10.3. The highest BCUT2D eigenvalue weighted by molar-refractivity contribution is 5.25. The van der Waals surface area contributed by atoms with Crippen LogP contribution in [0.5, 0.6) is 0 Å². The summed E-state index contributed by atoms with van der Waals surface area (Å²) in [5.74, 6) is 0. The summed E-state index contributed by atoms with van der Waals surface area (Å²) in [6.45, 7) is 0.463. The van der Waals surface area contributed by atoms with Gasteiger partial charge in [-0.15, -0.1) is 0 Å². The van der Waals surface area contributed by atoms with Gasteiger partial charge < -0.3 is 9.13 Å². The molecule has 1 fully saturated rings. The number of hydrogen-bond donors (Lipinski definition) is 0. The summed E-state index contributed by atoms with van der Waals surface area (Å²) in [5.41, 5.74) is 0.938. The minimum Gasteiger partial charge on any atom is -0.330 e. The number of rotatable bonds is 3. The predicted molar refractivity (Wildman–Crippen MR) is 65.0 cm³/mol. The van der Waals surface area contributed by atoms with Gasteiger partial charge in [-0.3, -0.25) is 4.79 Å². The Hall–Kier alpha value is -2.35. The topological polar surface area (TPSA) is 63.6 Å². The summed E-state index contributed by atoms with van der Waals surface area (Å²) >= 11 is 0. The van der Waals surface area contributed by atoms with Gasteiger partial charge in [0.05, 0.1) is 18.6 Å². The quantitative estimate of drug-likeness (QED) is 0.812. The van der Waals surface area contributed by atoms with Crippen molar-refractivity contribution in [3.63, 3.8) is 0 Å². The number of imidazole rings is 1. The fourth-order valence-electron chi connectivity index (χ4n) is 2.06. The average molecular weight is 240 g/mol. The summed E-state index contributed by atoms with van der Waals surface area (Å²) in [7, 11) is 0. The van der Waals surface area contributed by atoms with Crippen molar-refractivity contribution in [3.05, 3.63) is 52.5 Å². The minimum absolute atomic E-state index is 0.176. The molecule has 18 heavy (non-hydrogen) atoms. The fourth-order valence-corrected chi connectivity index (χ4v) is 2.06. The van der Waals surface area contributed by atoms with Gasteiger partial charge in [0.1, 0.15) is 11.6 Å². The predicted octanol–water partition coefficient (Wildman–Crippen LogP) is 1.30. The molecule has 2 heterocycles. The van der Waals surface area contributed by atoms with E-state index in [1.54, 1.807) is 23.0 Å². The first-order valence-corrected chi connectivity index (χ1v) is 5.90. The van der Waals surface area contributed by atoms with E-state index in [4.69, 9.17) is 5.26 Å². The van der Waals surface area contributed by atoms with Crippen molar-refractivity contribution in [1.29, 1.82) is 5.26 Å². The molecule has 0 radical (unpaired) electrons. The molecular formula is C13H12N4O. The summed E-state index contributed by atoms with van der Waals surface area (Å²) in [6.07, 6.45) is 7.65. The van der Waals surface area contributed by atoms with Crippen LogP contribution in [0, 0.1) is 11.3 Å². The van der Waals surface area contributed by atoms with Crippen LogP contribution in [0.1, 0.15) is 30.1 Å². The monoisotopic (exact) mass is 240 g/mol. The van der Waals surface area contributed by atoms with E-state index < -0.39 is 0 Å². The molecular weight excluding hydrogens is 228 g/mol. The molecule has 0 amide bonds. The van der Waals surface area contributed by atoms with Crippen molar-refractivity contribution in [2.75, 3.05) is 0 Å². The Balaban J connectivity index is 1.95. The highest BCUT2D eigenvalue weighted by atomic mass is 16.1. The first-order chi connectivity index (χ1) is 8.79. The van der Waals surface area contributed by atoms with Gasteiger partial charge >= 0.3 is 0 Å². The van der Waals surface area contributed by atoms with Gasteiger partial charge in [0.2, 0.25) is 0 Å². The Morgan fingerprint density at radius 1 is 1.50 bits per heavy atom. The molecule has 0 spiro atoms. The van der Waals surface area contributed by atoms with E-state index in [2.05, 4.69) is 9.55 Å². The van der Waals surface area contributed by atoms with Gasteiger partial charge in [0.15, 0.2) is 0 Å². The van der Waals surface area contributed by atoms with Crippen molar-refractivity contribution in [3.8, 4) is 6.07 Å². The summed E-state index contributed by atoms with van der Waals surface area (Å²) in [4.78, 5) is 16.1. The average Bonchev–Trinajstić information content (AvgIpc) is 3.13. The molecule has 3 rings (SSSR count). The lowest BCUT2D eigenvalue weighted by Gasteiger charge is -2.08. The summed E-state index contributed by atoms with van der Waals surface area (Å²) in [5, 5.41) is 8.84. The largest absolute Gasteiger partial charge is 0.330 e. The van der Waals surface area contributed by atoms with Crippen LogP contribution < -0.4 is 5.56 Å². The van der Waals surface area contributed by atoms with Gasteiger partial charge in [-0.1, -0.05) is 0 Å². The third-order valence-electron chi connectivity index (χ3n) is 3.16. The molecule has 1 aliphatic carbocycles. The molecule has 0 aliphatic heterocycles. The number of hydrogen-bond acceptors (Lipinski definition) is 3. The Morgan fingerprint density at radius 3 is 3.06 bits per heavy atom. The number of aromatic nitrogens is 3. The van der Waals surface area contributed by atoms with Crippen molar-refractivity contribution >= 4 is 0 Å². The van der Waals surface area contributed by atoms with Crippen molar-refractivity contribution in [1.82, 2.24) is 14.1 Å². The normalized spacial score (nSPS) is 14.4. The van der Waals surface area contributed by atoms with Crippen molar-refractivity contribution in [2.24, 2.45) is 0 Å². The maximum absolute atomic E-state index is 11.9. The standard InChI is InChI=1S/C13H12N4O/c14-6-10-2-1-5-16(13(10)18)8-12-7-15-9-17(12)11-3-4-11/h1-2,5,7,9,11H,3-4,8H2. The second-order valence-corrected chi connectivity index (χ2v) is 4.49. The van der Waals surface area contributed by atoms with E-state index in [9.17, 15) is 4.79 Å². The Morgan fingerprint density at radius 2 is 2.33 bits per heavy atom. The first kappa shape index (κ1) is 10.8. The van der Waals surface area contributed by atoms with Crippen LogP contribution in [0.3, 0.4) is 0 Å². The number of nitrogens with zero attached hydrogens (tertiary/aromatic N) is 4. The van der Waals surface area contributed by atoms with E-state index in [0.29, 0.717) is 12.6 Å². The zero-order valence-corrected chi connectivity index (χ0v) is 9.78. The smallest absolute Gasteiger partial charge is 0.268 e. The van der Waals surface area contributed by atoms with Gasteiger partial charge in [-0.2, -0.15) is 5.26 Å². The second-order valence-electron chi connectivity index (χ2n) is 4.49. The van der Waals surface area contributed by atoms with E-state index in [0.717, 1.165) is 5.69 Å². The van der Waals surface area contributed by atoms with Crippen LogP contribution in [0.2, 0.25) is 0 Å². The van der Waals surface area contributed by atoms with Gasteiger partial charge in [0, 0.05) is 18.4 Å². The molecule has 2 aromatic heterocycles. The van der Waals surface area contributed by atoms with Crippen LogP contribution in [-0.4, -0.2) is 14.1 Å². The highest BCUT2D eigenvalue weighted by Gasteiger charge is 2.25. The van der Waals surface area contributed by atoms with Crippen LogP contribution in [0.15, 0.2) is 35.6 Å². The Labute approximate surface area is 104 Å². The molecule has 5 nitrogen and oxygen atoms in total. The highest BCUT2D eigenvalue weighted by Crippen LogP contribution is 2.35. The molecule has 0 N–H and O–H groups in total. The number of nitriles is 1. The molecule has 2 aromatic rings. The zero-order chi connectivity index (χ0) is 12.5. The van der Waals surface area contributed by atoms with Crippen molar-refractivity contribution in [2.45, 2.75) is 25.4 Å². The zero-order valence-electron chi connectivity index (χ0n) is 9.78. The lowest BCUT2D eigenvalue weighted by molar-refractivity contribution is 0.644. The van der Waals surface area contributed by atoms with Gasteiger partial charge in [0.25, 0.3) is 5.56 Å². The molecule has 1 saturated carbocycles. The molecule has 0 aromatic carbocycles. The molecule has 90 valence electrons. The van der Waals surface area contributed by atoms with Crippen LogP contribution in [0.25, 0.3) is 0 Å². The molecule has 0 unspecified atom stereocenters. The first-order valence-electron chi connectivity index (χ1n) is 5.90. The Bertz CT molecular complexity index is 673. The maximum atomic E-state index is 11.9. The van der Waals surface area contributed by atoms with E-state index in [1.807, 2.05) is 12.4 Å². The summed E-state index contributed by atoms with van der Waals surface area (Å²) in [6, 6.07) is 5.71. The van der Waals surface area contributed by atoms with Gasteiger partial charge in [-0.05, 0) is 25.0 Å². The third kappa shape index (κ3) is 1.82. The lowest BCUT2D eigenvalue weighted by Crippen LogP contribution is -2.23. The molecule has 5 heteroatoms. The van der Waals surface area contributed by atoms with E-state index >= 15 is 0 Å². The molecule has 0 bridgehead atoms. The van der Waals surface area contributed by atoms with Gasteiger partial charge in [-0.25, -0.2) is 4.98 Å². The minimum atomic E-state index is -0.247. The third-order valence-corrected chi connectivity index (χ3v) is 3.16. The molecule has 0 saturated heterocycles. The molecule has 1 aliphatic rings. The second kappa shape index (κ2) is 4.15. The van der Waals surface area contributed by atoms with E-state index in [1.165, 1.54) is 18.9 Å². The number of pyridine rings is 1. The van der Waals surface area contributed by atoms with Crippen LogP contribution >= 0.6 is 0 Å². The van der Waals surface area contributed by atoms with Crippen LogP contribution in [-0.2, 0) is 6.54 Å². The molecule has 0 atom stereocenters. The summed E-state index contributed by atoms with van der Waals surface area (Å²) < 4.78 is 3.67. The SMILES string of the molecule is N#Cc1cccn(Cc2cncn2C2CC2)c1=O. The van der Waals surface area contributed by atoms with E-state index in [-0.39, 0.29) is 11.1 Å². The Kier molecular flexibility index (Phi) is 2.49. The fraction of sp³-hybridized carbons (Fsp3) is 0.308.